The molecule has 1 saturated carbocycles. The van der Waals surface area contributed by atoms with Gasteiger partial charge in [-0.15, -0.1) is 0 Å². The number of nitrogens with zero attached hydrogens (tertiary/aromatic N) is 4. The molecule has 7 rings (SSSR count). The molecule has 2 aromatic carbocycles. The van der Waals surface area contributed by atoms with Crippen LogP contribution in [0.4, 0.5) is 15.9 Å². The van der Waals surface area contributed by atoms with Gasteiger partial charge in [-0.2, -0.15) is 4.39 Å². The first-order valence-corrected chi connectivity index (χ1v) is 13.1. The van der Waals surface area contributed by atoms with Crippen molar-refractivity contribution in [2.24, 2.45) is 17.5 Å². The molecule has 0 amide bonds. The summed E-state index contributed by atoms with van der Waals surface area (Å²) >= 11 is 12.1. The molecule has 7 N–H and O–H groups in total. The Kier molecular flexibility index (Phi) is 5.46. The Morgan fingerprint density at radius 2 is 2.02 bits per heavy atom. The lowest BCUT2D eigenvalue weighted by atomic mass is 10.0. The summed E-state index contributed by atoms with van der Waals surface area (Å²) in [7, 11) is 0. The van der Waals surface area contributed by atoms with Gasteiger partial charge in [0.25, 0.3) is 5.56 Å². The molecule has 1 aliphatic heterocycles. The largest absolute Gasteiger partial charge is 0.388 e. The minimum absolute atomic E-state index is 0.00369. The number of H-pyrrole nitrogens is 1. The maximum Gasteiger partial charge on any atom is 0.252 e. The summed E-state index contributed by atoms with van der Waals surface area (Å²) in [6, 6.07) is 13.2. The van der Waals surface area contributed by atoms with Crippen LogP contribution in [0.2, 0.25) is 5.02 Å². The third kappa shape index (κ3) is 3.85. The Labute approximate surface area is 235 Å². The van der Waals surface area contributed by atoms with E-state index in [1.807, 2.05) is 6.07 Å². The second-order valence-corrected chi connectivity index (χ2v) is 10.8. The Hall–Kier alpha value is -4.32. The number of aromatic amines is 1. The molecule has 0 radical (unpaired) electrons. The zero-order chi connectivity index (χ0) is 27.9. The van der Waals surface area contributed by atoms with Crippen molar-refractivity contribution in [1.29, 1.82) is 0 Å². The smallest absolute Gasteiger partial charge is 0.252 e. The normalized spacial score (nSPS) is 19.6. The van der Waals surface area contributed by atoms with Gasteiger partial charge in [-0.05, 0) is 54.3 Å². The third-order valence-electron chi connectivity index (χ3n) is 7.54. The summed E-state index contributed by atoms with van der Waals surface area (Å²) in [6.45, 7) is 0. The maximum atomic E-state index is 15.2. The standard InChI is InChI=1S/C27H21Cl2FN8O2/c28-13-2-4-18(37(33)10-21(29)31)15(8-13)12-5-19-16-9-17(16)24(38(19)22(39)7-12)27-34-23(25(30)35-27)11-1-3-14-20(6-11)40-36-26(14)32/h1-8,10,16-17,24H,9,31,33H2,(H2,32,36)(H,34,35)/b21-10-. The topological polar surface area (TPSA) is 158 Å². The highest BCUT2D eigenvalue weighted by Gasteiger charge is 2.54. The van der Waals surface area contributed by atoms with Crippen molar-refractivity contribution in [1.82, 2.24) is 19.7 Å². The molecule has 1 aliphatic carbocycles. The van der Waals surface area contributed by atoms with Crippen LogP contribution in [0, 0.1) is 11.9 Å². The number of halogens is 3. The van der Waals surface area contributed by atoms with Gasteiger partial charge in [0.15, 0.2) is 11.4 Å². The third-order valence-corrected chi connectivity index (χ3v) is 7.88. The zero-order valence-electron chi connectivity index (χ0n) is 20.6. The van der Waals surface area contributed by atoms with E-state index in [1.54, 1.807) is 41.0 Å². The van der Waals surface area contributed by atoms with Gasteiger partial charge in [0.05, 0.1) is 23.3 Å². The molecule has 0 spiro atoms. The molecule has 0 bridgehead atoms. The van der Waals surface area contributed by atoms with Crippen LogP contribution in [0.3, 0.4) is 0 Å². The van der Waals surface area contributed by atoms with Crippen molar-refractivity contribution in [3.63, 3.8) is 0 Å². The summed E-state index contributed by atoms with van der Waals surface area (Å²) in [5.41, 5.74) is 14.9. The van der Waals surface area contributed by atoms with Gasteiger partial charge >= 0.3 is 0 Å². The maximum absolute atomic E-state index is 15.2. The number of imidazole rings is 1. The lowest BCUT2D eigenvalue weighted by Gasteiger charge is -2.20. The first-order valence-electron chi connectivity index (χ1n) is 12.3. The Morgan fingerprint density at radius 1 is 1.20 bits per heavy atom. The monoisotopic (exact) mass is 578 g/mol. The number of hydrogen-bond donors (Lipinski definition) is 4. The summed E-state index contributed by atoms with van der Waals surface area (Å²) in [5, 5.41) is 6.13. The van der Waals surface area contributed by atoms with E-state index in [0.29, 0.717) is 44.2 Å². The van der Waals surface area contributed by atoms with E-state index >= 15 is 4.39 Å². The average Bonchev–Trinajstić information content (AvgIpc) is 3.30. The van der Waals surface area contributed by atoms with E-state index in [0.717, 1.165) is 12.1 Å². The number of nitrogens with two attached hydrogens (primary N) is 3. The minimum atomic E-state index is -0.601. The van der Waals surface area contributed by atoms with Crippen LogP contribution in [-0.2, 0) is 0 Å². The average molecular weight is 579 g/mol. The quantitative estimate of drug-likeness (QED) is 0.131. The number of aromatic nitrogens is 4. The molecule has 13 heteroatoms. The minimum Gasteiger partial charge on any atom is -0.388 e. The number of hydrogen-bond acceptors (Lipinski definition) is 8. The molecule has 4 heterocycles. The van der Waals surface area contributed by atoms with Gasteiger partial charge in [-0.3, -0.25) is 9.80 Å². The van der Waals surface area contributed by atoms with Crippen molar-refractivity contribution >= 4 is 45.7 Å². The molecule has 1 fully saturated rings. The number of anilines is 2. The van der Waals surface area contributed by atoms with Crippen molar-refractivity contribution in [3.8, 4) is 22.4 Å². The first kappa shape index (κ1) is 24.7. The molecule has 3 unspecified atom stereocenters. The first-order chi connectivity index (χ1) is 19.2. The summed E-state index contributed by atoms with van der Waals surface area (Å²) in [5.74, 6) is 6.45. The molecular weight excluding hydrogens is 558 g/mol. The molecule has 0 saturated heterocycles. The van der Waals surface area contributed by atoms with Crippen molar-refractivity contribution in [2.45, 2.75) is 18.4 Å². The van der Waals surface area contributed by atoms with Crippen LogP contribution in [-0.4, -0.2) is 19.7 Å². The summed E-state index contributed by atoms with van der Waals surface area (Å²) in [4.78, 5) is 20.9. The molecule has 2 aliphatic rings. The molecule has 202 valence electrons. The summed E-state index contributed by atoms with van der Waals surface area (Å²) in [6.07, 6.45) is 2.21. The number of hydrazine groups is 1. The fourth-order valence-electron chi connectivity index (χ4n) is 5.73. The molecular formula is C27H21Cl2FN8O2. The molecule has 5 aromatic rings. The van der Waals surface area contributed by atoms with Gasteiger partial charge in [0.1, 0.15) is 16.7 Å². The predicted molar refractivity (Wildman–Crippen MR) is 151 cm³/mol. The number of pyridine rings is 1. The number of rotatable bonds is 5. The van der Waals surface area contributed by atoms with Crippen LogP contribution in [0.1, 0.15) is 29.9 Å². The SMILES string of the molecule is N/C(Cl)=C\N(N)c1ccc(Cl)cc1-c1cc2n(c(=O)c1)C(c1nc(-c3ccc4c(N)noc4c3)c(F)[nH]1)C1CC21. The zero-order valence-corrected chi connectivity index (χ0v) is 22.1. The van der Waals surface area contributed by atoms with Crippen molar-refractivity contribution < 1.29 is 8.91 Å². The fourth-order valence-corrected chi connectivity index (χ4v) is 6.01. The van der Waals surface area contributed by atoms with Crippen molar-refractivity contribution in [2.75, 3.05) is 10.7 Å². The van der Waals surface area contributed by atoms with E-state index in [9.17, 15) is 4.79 Å². The van der Waals surface area contributed by atoms with Crippen LogP contribution in [0.5, 0.6) is 0 Å². The van der Waals surface area contributed by atoms with Crippen LogP contribution < -0.4 is 27.9 Å². The highest BCUT2D eigenvalue weighted by molar-refractivity contribution is 6.31. The predicted octanol–water partition coefficient (Wildman–Crippen LogP) is 4.80. The van der Waals surface area contributed by atoms with Gasteiger partial charge < -0.3 is 25.5 Å². The van der Waals surface area contributed by atoms with Gasteiger partial charge in [-0.25, -0.2) is 10.8 Å². The van der Waals surface area contributed by atoms with Crippen LogP contribution in [0.25, 0.3) is 33.4 Å². The number of nitrogens with one attached hydrogen (secondary N) is 1. The Morgan fingerprint density at radius 3 is 2.83 bits per heavy atom. The molecule has 10 nitrogen and oxygen atoms in total. The molecule has 3 atom stereocenters. The van der Waals surface area contributed by atoms with Crippen LogP contribution >= 0.6 is 23.2 Å². The highest BCUT2D eigenvalue weighted by Crippen LogP contribution is 2.60. The second-order valence-electron chi connectivity index (χ2n) is 9.97. The van der Waals surface area contributed by atoms with Gasteiger partial charge in [0.2, 0.25) is 5.95 Å². The summed E-state index contributed by atoms with van der Waals surface area (Å²) < 4.78 is 22.1. The van der Waals surface area contributed by atoms with E-state index in [2.05, 4.69) is 15.1 Å². The van der Waals surface area contributed by atoms with E-state index in [1.165, 1.54) is 17.3 Å². The van der Waals surface area contributed by atoms with Gasteiger partial charge in [0, 0.05) is 33.8 Å². The van der Waals surface area contributed by atoms with Crippen LogP contribution in [0.15, 0.2) is 69.2 Å². The Balaban J connectivity index is 1.29. The molecule has 40 heavy (non-hydrogen) atoms. The van der Waals surface area contributed by atoms with Gasteiger partial charge in [-0.1, -0.05) is 34.4 Å². The Bertz CT molecular complexity index is 1930. The fraction of sp³-hybridized carbons (Fsp3) is 0.148. The van der Waals surface area contributed by atoms with E-state index in [4.69, 9.17) is 45.0 Å². The van der Waals surface area contributed by atoms with E-state index in [-0.39, 0.29) is 34.1 Å². The highest BCUT2D eigenvalue weighted by atomic mass is 35.5. The number of fused-ring (bicyclic) bond motifs is 4. The number of nitrogen functional groups attached to an aromatic ring is 1. The molecule has 3 aromatic heterocycles. The second kappa shape index (κ2) is 8.85. The van der Waals surface area contributed by atoms with Crippen molar-refractivity contribution in [3.05, 3.63) is 92.7 Å². The van der Waals surface area contributed by atoms with E-state index < -0.39 is 12.0 Å². The lowest BCUT2D eigenvalue weighted by Crippen LogP contribution is -2.27. The lowest BCUT2D eigenvalue weighted by molar-refractivity contribution is 0.460. The number of benzene rings is 2.